The van der Waals surface area contributed by atoms with Crippen LogP contribution in [0.5, 0.6) is 5.75 Å². The Balaban J connectivity index is 1.14. The maximum absolute atomic E-state index is 13.4. The van der Waals surface area contributed by atoms with Crippen molar-refractivity contribution in [1.29, 1.82) is 0 Å². The van der Waals surface area contributed by atoms with E-state index in [-0.39, 0.29) is 17.5 Å². The molecule has 0 radical (unpaired) electrons. The number of fused-ring (bicyclic) bond motifs is 2. The monoisotopic (exact) mass is 452 g/mol. The average molecular weight is 453 g/mol. The lowest BCUT2D eigenvalue weighted by Gasteiger charge is -2.61. The summed E-state index contributed by atoms with van der Waals surface area (Å²) in [6.07, 6.45) is 1.83. The maximum atomic E-state index is 13.4. The minimum absolute atomic E-state index is 0.0262. The van der Waals surface area contributed by atoms with Crippen LogP contribution in [0.15, 0.2) is 41.6 Å². The van der Waals surface area contributed by atoms with Gasteiger partial charge in [-0.1, -0.05) is 11.6 Å². The number of amides is 2. The number of nitrogens with zero attached hydrogens (tertiary/aromatic N) is 6. The number of carbonyl (C=O) groups excluding carboxylic acids is 1. The smallest absolute Gasteiger partial charge is 0.325 e. The summed E-state index contributed by atoms with van der Waals surface area (Å²) in [5.41, 5.74) is 3.11. The highest BCUT2D eigenvalue weighted by atomic mass is 35.5. The topological polar surface area (TPSA) is 64.5 Å². The molecule has 2 fully saturated rings. The Hall–Kier alpha value is -3.00. The summed E-state index contributed by atoms with van der Waals surface area (Å²) in [6.45, 7) is 6.54. The third-order valence-corrected chi connectivity index (χ3v) is 6.99. The SMILES string of the molecule is CC1COc2cc(Cl)ccc2N1C(=O)N1CC2(C1)CN(C1=NN(C)Cc3ncccc31)C2. The molecule has 32 heavy (non-hydrogen) atoms. The molecule has 2 aromatic rings. The number of hydrogen-bond donors (Lipinski definition) is 0. The van der Waals surface area contributed by atoms with E-state index < -0.39 is 0 Å². The Kier molecular flexibility index (Phi) is 4.30. The van der Waals surface area contributed by atoms with Crippen LogP contribution >= 0.6 is 11.6 Å². The van der Waals surface area contributed by atoms with Crippen LogP contribution in [0, 0.1) is 5.41 Å². The Morgan fingerprint density at radius 1 is 1.22 bits per heavy atom. The molecule has 0 bridgehead atoms. The molecule has 5 heterocycles. The predicted octanol–water partition coefficient (Wildman–Crippen LogP) is 2.87. The first-order chi connectivity index (χ1) is 15.4. The van der Waals surface area contributed by atoms with Gasteiger partial charge >= 0.3 is 6.03 Å². The van der Waals surface area contributed by atoms with Crippen LogP contribution in [0.1, 0.15) is 18.2 Å². The Bertz CT molecular complexity index is 1120. The lowest BCUT2D eigenvalue weighted by molar-refractivity contribution is -0.0630. The highest BCUT2D eigenvalue weighted by molar-refractivity contribution is 6.30. The van der Waals surface area contributed by atoms with E-state index in [1.165, 1.54) is 0 Å². The standard InChI is InChI=1S/C23H25ClN6O2/c1-15-10-32-20-8-16(24)5-6-19(20)30(15)22(31)29-13-23(14-29)11-28(12-23)21-17-4-3-7-25-18(17)9-27(2)26-21/h3-8,15H,9-14H2,1-2H3. The van der Waals surface area contributed by atoms with E-state index in [1.54, 1.807) is 12.1 Å². The van der Waals surface area contributed by atoms with E-state index in [2.05, 4.69) is 16.0 Å². The number of halogens is 1. The van der Waals surface area contributed by atoms with E-state index >= 15 is 0 Å². The number of ether oxygens (including phenoxy) is 1. The number of carbonyl (C=O) groups is 1. The molecule has 1 aromatic heterocycles. The van der Waals surface area contributed by atoms with Gasteiger partial charge in [0.1, 0.15) is 12.4 Å². The van der Waals surface area contributed by atoms with Crippen LogP contribution in [-0.2, 0) is 6.54 Å². The van der Waals surface area contributed by atoms with E-state index in [0.29, 0.717) is 17.4 Å². The summed E-state index contributed by atoms with van der Waals surface area (Å²) in [7, 11) is 1.98. The molecule has 1 aromatic carbocycles. The molecule has 166 valence electrons. The van der Waals surface area contributed by atoms with Crippen molar-refractivity contribution in [3.63, 3.8) is 0 Å². The van der Waals surface area contributed by atoms with Gasteiger partial charge < -0.3 is 14.5 Å². The van der Waals surface area contributed by atoms with Gasteiger partial charge in [-0.15, -0.1) is 0 Å². The van der Waals surface area contributed by atoms with Gasteiger partial charge in [-0.2, -0.15) is 5.10 Å². The van der Waals surface area contributed by atoms with Gasteiger partial charge in [-0.3, -0.25) is 14.9 Å². The van der Waals surface area contributed by atoms with E-state index in [9.17, 15) is 4.79 Å². The normalized spacial score (nSPS) is 23.0. The zero-order valence-electron chi connectivity index (χ0n) is 18.2. The minimum Gasteiger partial charge on any atom is -0.489 e. The number of hydrazone groups is 1. The summed E-state index contributed by atoms with van der Waals surface area (Å²) in [5.74, 6) is 1.66. The molecule has 4 aliphatic heterocycles. The molecule has 1 atom stereocenters. The first-order valence-electron chi connectivity index (χ1n) is 10.9. The zero-order chi connectivity index (χ0) is 22.0. The number of anilines is 1. The van der Waals surface area contributed by atoms with Crippen molar-refractivity contribution in [2.75, 3.05) is 44.7 Å². The fourth-order valence-electron chi connectivity index (χ4n) is 5.25. The second kappa shape index (κ2) is 7.00. The van der Waals surface area contributed by atoms with Crippen LogP contribution in [0.3, 0.4) is 0 Å². The summed E-state index contributed by atoms with van der Waals surface area (Å²) >= 11 is 6.11. The summed E-state index contributed by atoms with van der Waals surface area (Å²) in [6, 6.07) is 9.53. The maximum Gasteiger partial charge on any atom is 0.325 e. The van der Waals surface area contributed by atoms with Crippen molar-refractivity contribution in [3.05, 3.63) is 52.8 Å². The van der Waals surface area contributed by atoms with Crippen molar-refractivity contribution in [1.82, 2.24) is 19.8 Å². The molecular weight excluding hydrogens is 428 g/mol. The predicted molar refractivity (Wildman–Crippen MR) is 122 cm³/mol. The third kappa shape index (κ3) is 3.00. The molecule has 2 saturated heterocycles. The summed E-state index contributed by atoms with van der Waals surface area (Å²) < 4.78 is 5.79. The van der Waals surface area contributed by atoms with Crippen LogP contribution in [0.25, 0.3) is 0 Å². The van der Waals surface area contributed by atoms with Crippen LogP contribution in [-0.4, -0.2) is 77.5 Å². The number of benzene rings is 1. The first kappa shape index (κ1) is 19.7. The molecule has 0 saturated carbocycles. The van der Waals surface area contributed by atoms with Crippen molar-refractivity contribution in [3.8, 4) is 5.75 Å². The van der Waals surface area contributed by atoms with E-state index in [4.69, 9.17) is 21.4 Å². The van der Waals surface area contributed by atoms with Gasteiger partial charge in [0, 0.05) is 61.5 Å². The molecule has 9 heteroatoms. The minimum atomic E-state index is -0.0262. The van der Waals surface area contributed by atoms with Crippen molar-refractivity contribution < 1.29 is 9.53 Å². The first-order valence-corrected chi connectivity index (χ1v) is 11.3. The molecule has 1 unspecified atom stereocenters. The Morgan fingerprint density at radius 3 is 2.84 bits per heavy atom. The fourth-order valence-corrected chi connectivity index (χ4v) is 5.41. The van der Waals surface area contributed by atoms with Crippen molar-refractivity contribution in [2.24, 2.45) is 10.5 Å². The van der Waals surface area contributed by atoms with E-state index in [0.717, 1.165) is 55.5 Å². The highest BCUT2D eigenvalue weighted by Crippen LogP contribution is 2.43. The molecule has 8 nitrogen and oxygen atoms in total. The van der Waals surface area contributed by atoms with Crippen molar-refractivity contribution >= 4 is 29.2 Å². The van der Waals surface area contributed by atoms with Gasteiger partial charge in [-0.25, -0.2) is 4.79 Å². The number of amidine groups is 1. The number of hydrogen-bond acceptors (Lipinski definition) is 6. The van der Waals surface area contributed by atoms with Gasteiger partial charge in [-0.05, 0) is 31.2 Å². The molecule has 6 rings (SSSR count). The Labute approximate surface area is 192 Å². The number of rotatable bonds is 0. The Morgan fingerprint density at radius 2 is 2.03 bits per heavy atom. The molecule has 0 N–H and O–H groups in total. The number of urea groups is 1. The van der Waals surface area contributed by atoms with Gasteiger partial charge in [0.15, 0.2) is 5.84 Å². The molecule has 4 aliphatic rings. The van der Waals surface area contributed by atoms with Gasteiger partial charge in [0.2, 0.25) is 0 Å². The lowest BCUT2D eigenvalue weighted by Crippen LogP contribution is -2.75. The van der Waals surface area contributed by atoms with Crippen LogP contribution < -0.4 is 9.64 Å². The molecule has 1 spiro atoms. The highest BCUT2D eigenvalue weighted by Gasteiger charge is 2.55. The van der Waals surface area contributed by atoms with Crippen LogP contribution in [0.4, 0.5) is 10.5 Å². The van der Waals surface area contributed by atoms with Gasteiger partial charge in [0.25, 0.3) is 0 Å². The second-order valence-corrected chi connectivity index (χ2v) is 9.81. The third-order valence-electron chi connectivity index (χ3n) is 6.76. The molecule has 0 aliphatic carbocycles. The average Bonchev–Trinajstić information content (AvgIpc) is 2.71. The largest absolute Gasteiger partial charge is 0.489 e. The molecular formula is C23H25ClN6O2. The summed E-state index contributed by atoms with van der Waals surface area (Å²) in [5, 5.41) is 7.31. The zero-order valence-corrected chi connectivity index (χ0v) is 18.9. The fraction of sp³-hybridized carbons (Fsp3) is 0.435. The van der Waals surface area contributed by atoms with Crippen LogP contribution in [0.2, 0.25) is 5.02 Å². The van der Waals surface area contributed by atoms with E-state index in [1.807, 2.05) is 47.1 Å². The number of likely N-dealkylation sites (tertiary alicyclic amines) is 2. The number of aromatic nitrogens is 1. The number of pyridine rings is 1. The quantitative estimate of drug-likeness (QED) is 0.615. The van der Waals surface area contributed by atoms with Gasteiger partial charge in [0.05, 0.1) is 24.0 Å². The lowest BCUT2D eigenvalue weighted by atomic mass is 9.72. The second-order valence-electron chi connectivity index (χ2n) is 9.37. The van der Waals surface area contributed by atoms with Crippen molar-refractivity contribution in [2.45, 2.75) is 19.5 Å². The summed E-state index contributed by atoms with van der Waals surface area (Å²) in [4.78, 5) is 24.0. The molecule has 2 amide bonds.